The van der Waals surface area contributed by atoms with Gasteiger partial charge in [0.2, 0.25) is 0 Å². The van der Waals surface area contributed by atoms with Gasteiger partial charge in [-0.3, -0.25) is 4.68 Å². The minimum Gasteiger partial charge on any atom is -0.454 e. The summed E-state index contributed by atoms with van der Waals surface area (Å²) >= 11 is 6.05. The minimum absolute atomic E-state index is 0.0454. The zero-order valence-electron chi connectivity index (χ0n) is 11.4. The van der Waals surface area contributed by atoms with Crippen LogP contribution in [-0.2, 0) is 23.2 Å². The molecule has 0 bridgehead atoms. The van der Waals surface area contributed by atoms with Crippen molar-refractivity contribution in [2.24, 2.45) is 7.05 Å². The van der Waals surface area contributed by atoms with E-state index in [-0.39, 0.29) is 6.61 Å². The van der Waals surface area contributed by atoms with Gasteiger partial charge in [0.15, 0.2) is 12.4 Å². The summed E-state index contributed by atoms with van der Waals surface area (Å²) in [5.74, 6) is 0.0122. The van der Waals surface area contributed by atoms with Crippen molar-refractivity contribution in [1.82, 2.24) is 14.9 Å². The third-order valence-corrected chi connectivity index (χ3v) is 3.06. The number of carbonyl (C=O) groups is 1. The van der Waals surface area contributed by atoms with E-state index < -0.39 is 5.97 Å². The smallest absolute Gasteiger partial charge is 0.331 e. The Morgan fingerprint density at radius 1 is 1.55 bits per heavy atom. The lowest BCUT2D eigenvalue weighted by atomic mass is 10.2. The van der Waals surface area contributed by atoms with E-state index in [4.69, 9.17) is 20.9 Å². The van der Waals surface area contributed by atoms with Gasteiger partial charge in [0, 0.05) is 24.8 Å². The Kier molecular flexibility index (Phi) is 4.24. The maximum absolute atomic E-state index is 11.6. The number of aryl methyl sites for hydroxylation is 3. The number of halogens is 1. The van der Waals surface area contributed by atoms with E-state index >= 15 is 0 Å². The molecule has 0 saturated carbocycles. The van der Waals surface area contributed by atoms with E-state index in [9.17, 15) is 4.79 Å². The van der Waals surface area contributed by atoms with Gasteiger partial charge < -0.3 is 9.26 Å². The number of nitrogens with zero attached hydrogens (tertiary/aromatic N) is 3. The number of rotatable bonds is 4. The summed E-state index contributed by atoms with van der Waals surface area (Å²) in [5, 5.41) is 8.31. The van der Waals surface area contributed by atoms with Crippen LogP contribution < -0.4 is 0 Å². The first-order chi connectivity index (χ1) is 9.47. The molecule has 0 unspecified atom stereocenters. The van der Waals surface area contributed by atoms with Crippen LogP contribution in [0.5, 0.6) is 0 Å². The summed E-state index contributed by atoms with van der Waals surface area (Å²) in [6.45, 7) is 3.65. The summed E-state index contributed by atoms with van der Waals surface area (Å²) < 4.78 is 11.5. The Bertz CT molecular complexity index is 658. The van der Waals surface area contributed by atoms with E-state index in [2.05, 4.69) is 10.3 Å². The highest BCUT2D eigenvalue weighted by molar-refractivity contribution is 6.31. The summed E-state index contributed by atoms with van der Waals surface area (Å²) in [5.41, 5.74) is 2.18. The van der Waals surface area contributed by atoms with Crippen LogP contribution in [-0.4, -0.2) is 20.9 Å². The SMILES string of the molecule is Cc1cc(COC(=O)/C=C/c2c(C)nn(C)c2Cl)on1. The molecule has 0 spiro atoms. The van der Waals surface area contributed by atoms with Gasteiger partial charge in [-0.2, -0.15) is 5.10 Å². The van der Waals surface area contributed by atoms with Gasteiger partial charge >= 0.3 is 5.97 Å². The van der Waals surface area contributed by atoms with Gasteiger partial charge in [-0.15, -0.1) is 0 Å². The molecule has 0 aliphatic carbocycles. The second-order valence-corrected chi connectivity index (χ2v) is 4.65. The number of aromatic nitrogens is 3. The van der Waals surface area contributed by atoms with E-state index in [1.54, 1.807) is 30.8 Å². The van der Waals surface area contributed by atoms with Gasteiger partial charge in [-0.1, -0.05) is 16.8 Å². The van der Waals surface area contributed by atoms with E-state index in [0.717, 1.165) is 11.4 Å². The standard InChI is InChI=1S/C13H14ClN3O3/c1-8-6-10(20-16-8)7-19-12(18)5-4-11-9(2)15-17(3)13(11)14/h4-6H,7H2,1-3H3/b5-4+. The monoisotopic (exact) mass is 295 g/mol. The zero-order chi connectivity index (χ0) is 14.7. The first-order valence-electron chi connectivity index (χ1n) is 5.93. The van der Waals surface area contributed by atoms with E-state index in [1.807, 2.05) is 6.92 Å². The molecule has 2 heterocycles. The second-order valence-electron chi connectivity index (χ2n) is 4.29. The normalized spacial score (nSPS) is 11.2. The molecule has 0 N–H and O–H groups in total. The van der Waals surface area contributed by atoms with Crippen LogP contribution in [0.4, 0.5) is 0 Å². The first-order valence-corrected chi connectivity index (χ1v) is 6.31. The van der Waals surface area contributed by atoms with E-state index in [1.165, 1.54) is 6.08 Å². The molecular weight excluding hydrogens is 282 g/mol. The Balaban J connectivity index is 1.95. The molecule has 0 atom stereocenters. The zero-order valence-corrected chi connectivity index (χ0v) is 12.1. The Morgan fingerprint density at radius 3 is 2.85 bits per heavy atom. The summed E-state index contributed by atoms with van der Waals surface area (Å²) in [7, 11) is 1.73. The number of ether oxygens (including phenoxy) is 1. The average Bonchev–Trinajstić information content (AvgIpc) is 2.91. The fourth-order valence-electron chi connectivity index (χ4n) is 1.66. The molecule has 2 aromatic rings. The van der Waals surface area contributed by atoms with Crippen molar-refractivity contribution in [2.45, 2.75) is 20.5 Å². The van der Waals surface area contributed by atoms with E-state index in [0.29, 0.717) is 16.5 Å². The van der Waals surface area contributed by atoms with Gasteiger partial charge in [-0.25, -0.2) is 4.79 Å². The maximum atomic E-state index is 11.6. The molecule has 0 aromatic carbocycles. The van der Waals surface area contributed by atoms with Crippen LogP contribution >= 0.6 is 11.6 Å². The van der Waals surface area contributed by atoms with Crippen molar-refractivity contribution in [3.63, 3.8) is 0 Å². The molecule has 0 radical (unpaired) electrons. The Morgan fingerprint density at radius 2 is 2.30 bits per heavy atom. The topological polar surface area (TPSA) is 70.2 Å². The van der Waals surface area contributed by atoms with Crippen LogP contribution in [0.3, 0.4) is 0 Å². The Labute approximate surface area is 121 Å². The average molecular weight is 296 g/mol. The molecule has 0 aliphatic rings. The molecule has 0 aliphatic heterocycles. The van der Waals surface area contributed by atoms with Crippen LogP contribution in [0.25, 0.3) is 6.08 Å². The number of carbonyl (C=O) groups excluding carboxylic acids is 1. The highest BCUT2D eigenvalue weighted by Crippen LogP contribution is 2.20. The van der Waals surface area contributed by atoms with Gasteiger partial charge in [0.05, 0.1) is 11.4 Å². The molecular formula is C13H14ClN3O3. The molecule has 0 amide bonds. The van der Waals surface area contributed by atoms with Crippen molar-refractivity contribution in [2.75, 3.05) is 0 Å². The molecule has 2 aromatic heterocycles. The lowest BCUT2D eigenvalue weighted by Gasteiger charge is -1.97. The maximum Gasteiger partial charge on any atom is 0.331 e. The highest BCUT2D eigenvalue weighted by Gasteiger charge is 2.09. The fourth-order valence-corrected chi connectivity index (χ4v) is 1.90. The molecule has 6 nitrogen and oxygen atoms in total. The van der Waals surface area contributed by atoms with Gasteiger partial charge in [0.1, 0.15) is 5.15 Å². The largest absolute Gasteiger partial charge is 0.454 e. The third-order valence-electron chi connectivity index (χ3n) is 2.62. The predicted octanol–water partition coefficient (Wildman–Crippen LogP) is 2.43. The predicted molar refractivity (Wildman–Crippen MR) is 73.0 cm³/mol. The number of hydrogen-bond donors (Lipinski definition) is 0. The minimum atomic E-state index is -0.488. The molecule has 2 rings (SSSR count). The lowest BCUT2D eigenvalue weighted by molar-refractivity contribution is -0.139. The lowest BCUT2D eigenvalue weighted by Crippen LogP contribution is -1.99. The quantitative estimate of drug-likeness (QED) is 0.640. The van der Waals surface area contributed by atoms with Crippen molar-refractivity contribution in [3.05, 3.63) is 40.0 Å². The molecule has 0 fully saturated rings. The highest BCUT2D eigenvalue weighted by atomic mass is 35.5. The van der Waals surface area contributed by atoms with Crippen LogP contribution in [0.15, 0.2) is 16.7 Å². The van der Waals surface area contributed by atoms with Crippen LogP contribution in [0.2, 0.25) is 5.15 Å². The first kappa shape index (κ1) is 14.3. The fraction of sp³-hybridized carbons (Fsp3) is 0.308. The number of esters is 1. The van der Waals surface area contributed by atoms with Crippen molar-refractivity contribution in [1.29, 1.82) is 0 Å². The summed E-state index contributed by atoms with van der Waals surface area (Å²) in [4.78, 5) is 11.6. The third kappa shape index (κ3) is 3.27. The number of hydrogen-bond acceptors (Lipinski definition) is 5. The van der Waals surface area contributed by atoms with Gasteiger partial charge in [0.25, 0.3) is 0 Å². The Hall–Kier alpha value is -2.08. The second kappa shape index (κ2) is 5.92. The van der Waals surface area contributed by atoms with Crippen LogP contribution in [0.1, 0.15) is 22.7 Å². The molecule has 0 saturated heterocycles. The summed E-state index contributed by atoms with van der Waals surface area (Å²) in [6, 6.07) is 1.71. The van der Waals surface area contributed by atoms with Crippen molar-refractivity contribution < 1.29 is 14.1 Å². The summed E-state index contributed by atoms with van der Waals surface area (Å²) in [6.07, 6.45) is 2.89. The van der Waals surface area contributed by atoms with Crippen LogP contribution in [0, 0.1) is 13.8 Å². The molecule has 106 valence electrons. The van der Waals surface area contributed by atoms with Crippen molar-refractivity contribution in [3.8, 4) is 0 Å². The van der Waals surface area contributed by atoms with Gasteiger partial charge in [-0.05, 0) is 19.9 Å². The molecule has 20 heavy (non-hydrogen) atoms. The van der Waals surface area contributed by atoms with Crippen molar-refractivity contribution >= 4 is 23.6 Å². The molecule has 7 heteroatoms.